The average Bonchev–Trinajstić information content (AvgIpc) is 3.02. The number of amides is 2. The van der Waals surface area contributed by atoms with E-state index in [1.807, 2.05) is 0 Å². The van der Waals surface area contributed by atoms with Crippen LogP contribution in [0.1, 0.15) is 31.2 Å². The Morgan fingerprint density at radius 2 is 1.81 bits per heavy atom. The molecule has 0 unspecified atom stereocenters. The molecule has 27 heavy (non-hydrogen) atoms. The molecular formula is C19H23F2N3O3. The fourth-order valence-corrected chi connectivity index (χ4v) is 5.11. The van der Waals surface area contributed by atoms with Crippen molar-refractivity contribution in [1.82, 2.24) is 10.6 Å². The SMILES string of the molecule is NC(=O)C12CC(CNC(=O)Cc3c(F)cccc3F)(C1)OC21CCNCC1. The van der Waals surface area contributed by atoms with E-state index in [0.717, 1.165) is 25.2 Å². The number of primary amides is 1. The molecule has 5 rings (SSSR count). The zero-order valence-corrected chi connectivity index (χ0v) is 14.9. The summed E-state index contributed by atoms with van der Waals surface area (Å²) in [6.45, 7) is 1.71. The number of piperidine rings is 1. The van der Waals surface area contributed by atoms with Crippen molar-refractivity contribution in [3.63, 3.8) is 0 Å². The molecule has 1 aliphatic carbocycles. The molecule has 2 bridgehead atoms. The van der Waals surface area contributed by atoms with Gasteiger partial charge in [-0.3, -0.25) is 9.59 Å². The molecule has 0 atom stereocenters. The van der Waals surface area contributed by atoms with E-state index >= 15 is 0 Å². The van der Waals surface area contributed by atoms with Crippen LogP contribution in [0.5, 0.6) is 0 Å². The van der Waals surface area contributed by atoms with Crippen LogP contribution in [0, 0.1) is 17.0 Å². The highest BCUT2D eigenvalue weighted by Gasteiger charge is 2.77. The number of carbonyl (C=O) groups excluding carboxylic acids is 2. The number of ether oxygens (including phenoxy) is 1. The average molecular weight is 379 g/mol. The minimum absolute atomic E-state index is 0.201. The smallest absolute Gasteiger partial charge is 0.226 e. The van der Waals surface area contributed by atoms with Gasteiger partial charge in [-0.1, -0.05) is 6.07 Å². The van der Waals surface area contributed by atoms with E-state index in [4.69, 9.17) is 10.5 Å². The van der Waals surface area contributed by atoms with Gasteiger partial charge in [0.25, 0.3) is 0 Å². The predicted octanol–water partition coefficient (Wildman–Crippen LogP) is 0.780. The molecule has 8 heteroatoms. The van der Waals surface area contributed by atoms with Crippen LogP contribution in [0.15, 0.2) is 18.2 Å². The fraction of sp³-hybridized carbons (Fsp3) is 0.579. The summed E-state index contributed by atoms with van der Waals surface area (Å²) in [6.07, 6.45) is 1.97. The molecule has 3 aliphatic heterocycles. The second kappa shape index (κ2) is 6.24. The Morgan fingerprint density at radius 3 is 2.41 bits per heavy atom. The molecule has 4 aliphatic rings. The molecule has 3 heterocycles. The Kier molecular flexibility index (Phi) is 4.23. The Labute approximate surface area is 155 Å². The summed E-state index contributed by atoms with van der Waals surface area (Å²) in [7, 11) is 0. The Morgan fingerprint density at radius 1 is 1.19 bits per heavy atom. The van der Waals surface area contributed by atoms with Gasteiger partial charge >= 0.3 is 0 Å². The zero-order valence-electron chi connectivity index (χ0n) is 14.9. The predicted molar refractivity (Wildman–Crippen MR) is 92.6 cm³/mol. The summed E-state index contributed by atoms with van der Waals surface area (Å²) >= 11 is 0. The summed E-state index contributed by atoms with van der Waals surface area (Å²) in [5.74, 6) is -2.33. The van der Waals surface area contributed by atoms with Crippen LogP contribution in [0.25, 0.3) is 0 Å². The molecule has 1 aromatic carbocycles. The Balaban J connectivity index is 1.42. The highest BCUT2D eigenvalue weighted by atomic mass is 19.1. The van der Waals surface area contributed by atoms with E-state index in [1.165, 1.54) is 6.07 Å². The molecule has 146 valence electrons. The highest BCUT2D eigenvalue weighted by molar-refractivity contribution is 5.85. The lowest BCUT2D eigenvalue weighted by Gasteiger charge is -2.47. The maximum absolute atomic E-state index is 13.7. The summed E-state index contributed by atoms with van der Waals surface area (Å²) in [6, 6.07) is 3.50. The number of nitrogens with one attached hydrogen (secondary N) is 2. The number of benzene rings is 1. The molecule has 2 amide bonds. The summed E-state index contributed by atoms with van der Waals surface area (Å²) < 4.78 is 33.8. The van der Waals surface area contributed by atoms with Crippen molar-refractivity contribution < 1.29 is 23.1 Å². The standard InChI is InChI=1S/C19H23F2N3O3/c20-13-2-1-3-14(21)12(13)8-15(25)24-11-17-9-18(10-17,16(22)26)19(27-17)4-6-23-7-5-19/h1-3,23H,4-11H2,(H2,22,26)(H,24,25). The summed E-state index contributed by atoms with van der Waals surface area (Å²) in [5, 5.41) is 5.98. The van der Waals surface area contributed by atoms with Crippen molar-refractivity contribution in [2.45, 2.75) is 43.3 Å². The van der Waals surface area contributed by atoms with E-state index in [2.05, 4.69) is 10.6 Å². The second-order valence-corrected chi connectivity index (χ2v) is 7.98. The van der Waals surface area contributed by atoms with Crippen molar-refractivity contribution >= 4 is 11.8 Å². The molecule has 4 fully saturated rings. The van der Waals surface area contributed by atoms with Gasteiger partial charge in [-0.25, -0.2) is 8.78 Å². The Bertz CT molecular complexity index is 766. The van der Waals surface area contributed by atoms with Gasteiger partial charge in [0.2, 0.25) is 11.8 Å². The van der Waals surface area contributed by atoms with Crippen molar-refractivity contribution in [3.8, 4) is 0 Å². The lowest BCUT2D eigenvalue weighted by atomic mass is 9.53. The van der Waals surface area contributed by atoms with Gasteiger partial charge in [0, 0.05) is 12.1 Å². The first-order chi connectivity index (χ1) is 12.8. The lowest BCUT2D eigenvalue weighted by Crippen LogP contribution is -2.61. The first-order valence-corrected chi connectivity index (χ1v) is 9.22. The maximum atomic E-state index is 13.7. The number of hydrogen-bond acceptors (Lipinski definition) is 4. The molecule has 0 aromatic heterocycles. The van der Waals surface area contributed by atoms with E-state index in [1.54, 1.807) is 0 Å². The van der Waals surface area contributed by atoms with Crippen LogP contribution in [-0.4, -0.2) is 42.7 Å². The first kappa shape index (κ1) is 18.3. The van der Waals surface area contributed by atoms with Crippen LogP contribution < -0.4 is 16.4 Å². The van der Waals surface area contributed by atoms with Crippen LogP contribution in [0.4, 0.5) is 8.78 Å². The van der Waals surface area contributed by atoms with Gasteiger partial charge in [0.15, 0.2) is 0 Å². The minimum Gasteiger partial charge on any atom is -0.369 e. The first-order valence-electron chi connectivity index (χ1n) is 9.22. The van der Waals surface area contributed by atoms with Gasteiger partial charge in [-0.15, -0.1) is 0 Å². The van der Waals surface area contributed by atoms with Gasteiger partial charge in [-0.05, 0) is 50.9 Å². The van der Waals surface area contributed by atoms with Gasteiger partial charge in [0.05, 0.1) is 23.0 Å². The van der Waals surface area contributed by atoms with Crippen molar-refractivity contribution in [3.05, 3.63) is 35.4 Å². The summed E-state index contributed by atoms with van der Waals surface area (Å²) in [4.78, 5) is 24.4. The molecule has 1 spiro atoms. The topological polar surface area (TPSA) is 93.5 Å². The third-order valence-electron chi connectivity index (χ3n) is 6.42. The van der Waals surface area contributed by atoms with Crippen LogP contribution >= 0.6 is 0 Å². The van der Waals surface area contributed by atoms with Crippen LogP contribution in [0.3, 0.4) is 0 Å². The van der Waals surface area contributed by atoms with Crippen molar-refractivity contribution in [2.75, 3.05) is 19.6 Å². The van der Waals surface area contributed by atoms with E-state index in [-0.39, 0.29) is 24.4 Å². The van der Waals surface area contributed by atoms with Gasteiger partial charge < -0.3 is 21.1 Å². The normalized spacial score (nSPS) is 30.7. The third kappa shape index (κ3) is 2.73. The largest absolute Gasteiger partial charge is 0.369 e. The van der Waals surface area contributed by atoms with E-state index in [9.17, 15) is 18.4 Å². The molecule has 0 radical (unpaired) electrons. The monoisotopic (exact) mass is 379 g/mol. The number of hydrogen-bond donors (Lipinski definition) is 3. The zero-order chi connectivity index (χ0) is 19.3. The number of halogens is 2. The Hall–Kier alpha value is -2.06. The second-order valence-electron chi connectivity index (χ2n) is 7.98. The van der Waals surface area contributed by atoms with Crippen LogP contribution in [-0.2, 0) is 20.7 Å². The summed E-state index contributed by atoms with van der Waals surface area (Å²) in [5.41, 5.74) is 3.57. The van der Waals surface area contributed by atoms with Crippen LogP contribution in [0.2, 0.25) is 0 Å². The quantitative estimate of drug-likeness (QED) is 0.705. The van der Waals surface area contributed by atoms with Crippen molar-refractivity contribution in [2.24, 2.45) is 11.1 Å². The fourth-order valence-electron chi connectivity index (χ4n) is 5.11. The lowest BCUT2D eigenvalue weighted by molar-refractivity contribution is -0.137. The molecule has 1 saturated carbocycles. The molecule has 6 nitrogen and oxygen atoms in total. The number of nitrogens with two attached hydrogens (primary N) is 1. The van der Waals surface area contributed by atoms with Gasteiger partial charge in [-0.2, -0.15) is 0 Å². The minimum atomic E-state index is -0.745. The van der Waals surface area contributed by atoms with E-state index < -0.39 is 34.2 Å². The van der Waals surface area contributed by atoms with Gasteiger partial charge in [0.1, 0.15) is 11.6 Å². The van der Waals surface area contributed by atoms with Crippen molar-refractivity contribution in [1.29, 1.82) is 0 Å². The maximum Gasteiger partial charge on any atom is 0.226 e. The molecule has 1 aromatic rings. The third-order valence-corrected chi connectivity index (χ3v) is 6.42. The molecule has 3 saturated heterocycles. The molecule has 4 N–H and O–H groups in total. The highest BCUT2D eigenvalue weighted by Crippen LogP contribution is 2.68. The number of carbonyl (C=O) groups is 2. The van der Waals surface area contributed by atoms with E-state index in [0.29, 0.717) is 25.7 Å². The number of rotatable bonds is 5. The molecular weight excluding hydrogens is 356 g/mol.